The van der Waals surface area contributed by atoms with E-state index in [9.17, 15) is 9.59 Å². The maximum absolute atomic E-state index is 12.5. The van der Waals surface area contributed by atoms with Gasteiger partial charge in [0.05, 0.1) is 13.5 Å². The van der Waals surface area contributed by atoms with E-state index < -0.39 is 0 Å². The lowest BCUT2D eigenvalue weighted by molar-refractivity contribution is -0.131. The number of carbonyl (C=O) groups excluding carboxylic acids is 2. The minimum absolute atomic E-state index is 0.0168. The fourth-order valence-corrected chi connectivity index (χ4v) is 2.92. The molecule has 0 atom stereocenters. The highest BCUT2D eigenvalue weighted by Gasteiger charge is 2.25. The van der Waals surface area contributed by atoms with Crippen LogP contribution in [0.1, 0.15) is 16.1 Å². The first kappa shape index (κ1) is 16.1. The lowest BCUT2D eigenvalue weighted by Crippen LogP contribution is -2.51. The van der Waals surface area contributed by atoms with E-state index in [0.717, 1.165) is 11.3 Å². The molecule has 126 valence electrons. The van der Waals surface area contributed by atoms with Gasteiger partial charge in [-0.15, -0.1) is 0 Å². The molecule has 1 aromatic heterocycles. The first-order valence-corrected chi connectivity index (χ1v) is 8.01. The number of amides is 2. The van der Waals surface area contributed by atoms with Crippen LogP contribution in [0.4, 0.5) is 0 Å². The second-order valence-corrected chi connectivity index (χ2v) is 5.75. The summed E-state index contributed by atoms with van der Waals surface area (Å²) in [7, 11) is 1.61. The van der Waals surface area contributed by atoms with E-state index in [2.05, 4.69) is 4.98 Å². The lowest BCUT2D eigenvalue weighted by Gasteiger charge is -2.34. The van der Waals surface area contributed by atoms with Gasteiger partial charge in [-0.2, -0.15) is 0 Å². The molecule has 24 heavy (non-hydrogen) atoms. The van der Waals surface area contributed by atoms with Gasteiger partial charge >= 0.3 is 0 Å². The van der Waals surface area contributed by atoms with Crippen LogP contribution in [0.15, 0.2) is 42.6 Å². The van der Waals surface area contributed by atoms with Crippen LogP contribution in [0.2, 0.25) is 0 Å². The molecular formula is C18H21N3O3. The van der Waals surface area contributed by atoms with E-state index >= 15 is 0 Å². The number of para-hydroxylation sites is 1. The molecule has 2 amide bonds. The minimum Gasteiger partial charge on any atom is -0.496 e. The van der Waals surface area contributed by atoms with Crippen molar-refractivity contribution < 1.29 is 14.3 Å². The van der Waals surface area contributed by atoms with Crippen LogP contribution in [0.5, 0.6) is 5.75 Å². The largest absolute Gasteiger partial charge is 0.496 e. The van der Waals surface area contributed by atoms with Gasteiger partial charge < -0.3 is 19.5 Å². The number of aromatic nitrogens is 1. The topological polar surface area (TPSA) is 65.6 Å². The third kappa shape index (κ3) is 3.42. The van der Waals surface area contributed by atoms with E-state index in [-0.39, 0.29) is 11.8 Å². The molecule has 1 aromatic carbocycles. The zero-order chi connectivity index (χ0) is 16.9. The minimum atomic E-state index is -0.0168. The zero-order valence-electron chi connectivity index (χ0n) is 13.7. The lowest BCUT2D eigenvalue weighted by atomic mass is 10.1. The van der Waals surface area contributed by atoms with Crippen molar-refractivity contribution in [2.75, 3.05) is 33.3 Å². The van der Waals surface area contributed by atoms with E-state index in [4.69, 9.17) is 4.74 Å². The summed E-state index contributed by atoms with van der Waals surface area (Å²) in [6.45, 7) is 2.21. The van der Waals surface area contributed by atoms with Crippen LogP contribution >= 0.6 is 0 Å². The zero-order valence-corrected chi connectivity index (χ0v) is 13.7. The van der Waals surface area contributed by atoms with E-state index in [0.29, 0.717) is 38.3 Å². The van der Waals surface area contributed by atoms with Crippen molar-refractivity contribution >= 4 is 11.8 Å². The Hall–Kier alpha value is -2.76. The molecule has 0 bridgehead atoms. The Morgan fingerprint density at radius 1 is 1.04 bits per heavy atom. The number of aromatic amines is 1. The Balaban J connectivity index is 1.56. The van der Waals surface area contributed by atoms with Crippen molar-refractivity contribution in [1.82, 2.24) is 14.8 Å². The van der Waals surface area contributed by atoms with Crippen molar-refractivity contribution in [3.05, 3.63) is 53.9 Å². The summed E-state index contributed by atoms with van der Waals surface area (Å²) in [5, 5.41) is 0. The number of benzene rings is 1. The first-order chi connectivity index (χ1) is 11.7. The number of carbonyl (C=O) groups is 2. The molecule has 0 spiro atoms. The van der Waals surface area contributed by atoms with Crippen molar-refractivity contribution in [1.29, 1.82) is 0 Å². The van der Waals surface area contributed by atoms with Gasteiger partial charge in [0.15, 0.2) is 0 Å². The summed E-state index contributed by atoms with van der Waals surface area (Å²) >= 11 is 0. The quantitative estimate of drug-likeness (QED) is 0.926. The summed E-state index contributed by atoms with van der Waals surface area (Å²) in [5.74, 6) is 0.773. The molecule has 2 heterocycles. The predicted octanol–water partition coefficient (Wildman–Crippen LogP) is 1.55. The standard InChI is InChI=1S/C18H21N3O3/c1-24-16-7-3-2-5-14(16)13-17(22)20-9-11-21(12-10-20)18(23)15-6-4-8-19-15/h2-8,19H,9-13H2,1H3. The fourth-order valence-electron chi connectivity index (χ4n) is 2.92. The normalized spacial score (nSPS) is 14.5. The second kappa shape index (κ2) is 7.21. The van der Waals surface area contributed by atoms with E-state index in [1.807, 2.05) is 29.2 Å². The van der Waals surface area contributed by atoms with Crippen LogP contribution < -0.4 is 4.74 Å². The number of nitrogens with one attached hydrogen (secondary N) is 1. The molecule has 3 rings (SSSR count). The number of nitrogens with zero attached hydrogens (tertiary/aromatic N) is 2. The second-order valence-electron chi connectivity index (χ2n) is 5.75. The summed E-state index contributed by atoms with van der Waals surface area (Å²) in [5.41, 5.74) is 1.47. The number of ether oxygens (including phenoxy) is 1. The van der Waals surface area contributed by atoms with Crippen LogP contribution in [0.3, 0.4) is 0 Å². The van der Waals surface area contributed by atoms with E-state index in [1.54, 1.807) is 30.3 Å². The maximum atomic E-state index is 12.5. The Morgan fingerprint density at radius 2 is 1.75 bits per heavy atom. The van der Waals surface area contributed by atoms with Crippen molar-refractivity contribution in [3.8, 4) is 5.75 Å². The van der Waals surface area contributed by atoms with Gasteiger partial charge in [-0.25, -0.2) is 0 Å². The van der Waals surface area contributed by atoms with Gasteiger partial charge in [0.2, 0.25) is 5.91 Å². The van der Waals surface area contributed by atoms with Crippen molar-refractivity contribution in [2.45, 2.75) is 6.42 Å². The average molecular weight is 327 g/mol. The molecular weight excluding hydrogens is 306 g/mol. The Morgan fingerprint density at radius 3 is 2.42 bits per heavy atom. The molecule has 1 N–H and O–H groups in total. The van der Waals surface area contributed by atoms with Gasteiger partial charge in [-0.3, -0.25) is 9.59 Å². The molecule has 0 saturated carbocycles. The molecule has 6 heteroatoms. The number of methoxy groups -OCH3 is 1. The number of hydrogen-bond acceptors (Lipinski definition) is 3. The molecule has 0 aliphatic carbocycles. The number of H-pyrrole nitrogens is 1. The van der Waals surface area contributed by atoms with Crippen LogP contribution in [-0.2, 0) is 11.2 Å². The van der Waals surface area contributed by atoms with Gasteiger partial charge in [-0.05, 0) is 18.2 Å². The third-order valence-electron chi connectivity index (χ3n) is 4.28. The fraction of sp³-hybridized carbons (Fsp3) is 0.333. The molecule has 1 fully saturated rings. The molecule has 2 aromatic rings. The highest BCUT2D eigenvalue weighted by molar-refractivity contribution is 5.92. The SMILES string of the molecule is COc1ccccc1CC(=O)N1CCN(C(=O)c2ccc[nH]2)CC1. The maximum Gasteiger partial charge on any atom is 0.270 e. The van der Waals surface area contributed by atoms with Gasteiger partial charge in [-0.1, -0.05) is 18.2 Å². The molecule has 1 aliphatic heterocycles. The Labute approximate surface area is 141 Å². The summed E-state index contributed by atoms with van der Waals surface area (Å²) in [6.07, 6.45) is 2.05. The van der Waals surface area contributed by atoms with E-state index in [1.165, 1.54) is 0 Å². The molecule has 1 saturated heterocycles. The summed E-state index contributed by atoms with van der Waals surface area (Å²) in [4.78, 5) is 31.3. The van der Waals surface area contributed by atoms with Crippen molar-refractivity contribution in [3.63, 3.8) is 0 Å². The smallest absolute Gasteiger partial charge is 0.270 e. The van der Waals surface area contributed by atoms with Crippen LogP contribution in [0.25, 0.3) is 0 Å². The van der Waals surface area contributed by atoms with Crippen LogP contribution in [0, 0.1) is 0 Å². The Kier molecular flexibility index (Phi) is 4.84. The molecule has 0 unspecified atom stereocenters. The third-order valence-corrected chi connectivity index (χ3v) is 4.28. The Bertz CT molecular complexity index is 704. The summed E-state index contributed by atoms with van der Waals surface area (Å²) < 4.78 is 5.30. The average Bonchev–Trinajstić information content (AvgIpc) is 3.16. The van der Waals surface area contributed by atoms with Gasteiger partial charge in [0.25, 0.3) is 5.91 Å². The molecule has 1 aliphatic rings. The molecule has 6 nitrogen and oxygen atoms in total. The first-order valence-electron chi connectivity index (χ1n) is 8.01. The number of hydrogen-bond donors (Lipinski definition) is 1. The number of rotatable bonds is 4. The predicted molar refractivity (Wildman–Crippen MR) is 90.0 cm³/mol. The van der Waals surface area contributed by atoms with Gasteiger partial charge in [0, 0.05) is 37.9 Å². The number of piperazine rings is 1. The van der Waals surface area contributed by atoms with Crippen molar-refractivity contribution in [2.24, 2.45) is 0 Å². The van der Waals surface area contributed by atoms with Gasteiger partial charge in [0.1, 0.15) is 11.4 Å². The van der Waals surface area contributed by atoms with Crippen LogP contribution in [-0.4, -0.2) is 59.9 Å². The molecule has 0 radical (unpaired) electrons. The summed E-state index contributed by atoms with van der Waals surface area (Å²) in [6, 6.07) is 11.1. The highest BCUT2D eigenvalue weighted by atomic mass is 16.5. The monoisotopic (exact) mass is 327 g/mol. The highest BCUT2D eigenvalue weighted by Crippen LogP contribution is 2.19.